The van der Waals surface area contributed by atoms with Crippen molar-refractivity contribution >= 4 is 39.0 Å². The molecule has 136 valence electrons. The van der Waals surface area contributed by atoms with Gasteiger partial charge in [-0.05, 0) is 36.1 Å². The van der Waals surface area contributed by atoms with Crippen molar-refractivity contribution in [1.29, 1.82) is 0 Å². The summed E-state index contributed by atoms with van der Waals surface area (Å²) in [6, 6.07) is 13.8. The molecule has 1 aromatic carbocycles. The van der Waals surface area contributed by atoms with Gasteiger partial charge in [0.1, 0.15) is 11.3 Å². The summed E-state index contributed by atoms with van der Waals surface area (Å²) < 4.78 is 1.18. The number of pyridine rings is 1. The maximum atomic E-state index is 10.5. The second kappa shape index (κ2) is 8.98. The number of guanidine groups is 1. The number of aromatic nitrogens is 1. The van der Waals surface area contributed by atoms with Crippen LogP contribution in [0.5, 0.6) is 0 Å². The number of nitrogens with one attached hydrogen (secondary N) is 2. The van der Waals surface area contributed by atoms with Gasteiger partial charge in [0.25, 0.3) is 0 Å². The SMILES string of the molecule is CCNC(=NCc1ccc(Cl)nc1)NCC(O)c1cc2ccccc2s1. The number of benzene rings is 1. The third kappa shape index (κ3) is 4.94. The number of aliphatic imine (C=N–C) groups is 1. The molecule has 0 saturated carbocycles. The number of aliphatic hydroxyl groups is 1. The van der Waals surface area contributed by atoms with Crippen LogP contribution in [0, 0.1) is 0 Å². The number of hydrogen-bond donors (Lipinski definition) is 3. The summed E-state index contributed by atoms with van der Waals surface area (Å²) in [5.74, 6) is 0.655. The van der Waals surface area contributed by atoms with Gasteiger partial charge in [-0.15, -0.1) is 11.3 Å². The lowest BCUT2D eigenvalue weighted by Crippen LogP contribution is -2.39. The van der Waals surface area contributed by atoms with Crippen LogP contribution in [-0.2, 0) is 6.54 Å². The Balaban J connectivity index is 1.61. The number of nitrogens with zero attached hydrogens (tertiary/aromatic N) is 2. The van der Waals surface area contributed by atoms with Crippen LogP contribution in [0.1, 0.15) is 23.5 Å². The van der Waals surface area contributed by atoms with Gasteiger partial charge in [-0.1, -0.05) is 35.9 Å². The lowest BCUT2D eigenvalue weighted by atomic mass is 10.2. The largest absolute Gasteiger partial charge is 0.386 e. The molecular weight excluding hydrogens is 368 g/mol. The molecule has 0 aliphatic carbocycles. The third-order valence-corrected chi connectivity index (χ3v) is 5.23. The van der Waals surface area contributed by atoms with Crippen LogP contribution in [-0.4, -0.2) is 29.1 Å². The highest BCUT2D eigenvalue weighted by molar-refractivity contribution is 7.19. The number of hydrogen-bond acceptors (Lipinski definition) is 4. The topological polar surface area (TPSA) is 69.5 Å². The monoisotopic (exact) mass is 388 g/mol. The maximum Gasteiger partial charge on any atom is 0.191 e. The molecule has 2 heterocycles. The van der Waals surface area contributed by atoms with Gasteiger partial charge in [0.2, 0.25) is 0 Å². The number of fused-ring (bicyclic) bond motifs is 1. The first kappa shape index (κ1) is 18.6. The molecule has 0 radical (unpaired) electrons. The predicted molar refractivity (Wildman–Crippen MR) is 109 cm³/mol. The minimum Gasteiger partial charge on any atom is -0.386 e. The van der Waals surface area contributed by atoms with Gasteiger partial charge in [0.05, 0.1) is 6.54 Å². The van der Waals surface area contributed by atoms with Crippen LogP contribution in [0.15, 0.2) is 53.7 Å². The van der Waals surface area contributed by atoms with Crippen LogP contribution >= 0.6 is 22.9 Å². The Hall–Kier alpha value is -2.15. The van der Waals surface area contributed by atoms with Crippen molar-refractivity contribution in [2.45, 2.75) is 19.6 Å². The molecule has 0 bridgehead atoms. The van der Waals surface area contributed by atoms with E-state index in [-0.39, 0.29) is 0 Å². The van der Waals surface area contributed by atoms with E-state index in [2.05, 4.69) is 32.7 Å². The summed E-state index contributed by atoms with van der Waals surface area (Å²) >= 11 is 7.41. The van der Waals surface area contributed by atoms with Gasteiger partial charge in [0.15, 0.2) is 5.96 Å². The van der Waals surface area contributed by atoms with E-state index in [0.717, 1.165) is 22.4 Å². The van der Waals surface area contributed by atoms with Crippen molar-refractivity contribution in [2.75, 3.05) is 13.1 Å². The molecule has 3 rings (SSSR count). The Labute approximate surface area is 161 Å². The fraction of sp³-hybridized carbons (Fsp3) is 0.263. The standard InChI is InChI=1S/C19H21ClN4OS/c1-2-21-19(23-11-13-7-8-18(20)22-10-13)24-12-15(25)17-9-14-5-3-4-6-16(14)26-17/h3-10,15,25H,2,11-12H2,1H3,(H2,21,23,24). The molecule has 0 aliphatic heterocycles. The zero-order valence-corrected chi connectivity index (χ0v) is 16.0. The summed E-state index contributed by atoms with van der Waals surface area (Å²) in [5.41, 5.74) is 0.969. The number of rotatable bonds is 6. The number of aliphatic hydroxyl groups excluding tert-OH is 1. The zero-order chi connectivity index (χ0) is 18.4. The number of halogens is 1. The molecule has 0 fully saturated rings. The molecular formula is C19H21ClN4OS. The van der Waals surface area contributed by atoms with Gasteiger partial charge in [-0.3, -0.25) is 0 Å². The van der Waals surface area contributed by atoms with E-state index < -0.39 is 6.10 Å². The second-order valence-corrected chi connectivity index (χ2v) is 7.27. The molecule has 1 atom stereocenters. The molecule has 3 N–H and O–H groups in total. The predicted octanol–water partition coefficient (Wildman–Crippen LogP) is 3.74. The van der Waals surface area contributed by atoms with Gasteiger partial charge in [-0.25, -0.2) is 9.98 Å². The highest BCUT2D eigenvalue weighted by Crippen LogP contribution is 2.29. The smallest absolute Gasteiger partial charge is 0.191 e. The maximum absolute atomic E-state index is 10.5. The van der Waals surface area contributed by atoms with Crippen molar-refractivity contribution < 1.29 is 5.11 Å². The van der Waals surface area contributed by atoms with Gasteiger partial charge in [-0.2, -0.15) is 0 Å². The van der Waals surface area contributed by atoms with E-state index in [9.17, 15) is 5.11 Å². The van der Waals surface area contributed by atoms with E-state index in [1.165, 1.54) is 4.70 Å². The molecule has 3 aromatic rings. The first-order valence-corrected chi connectivity index (χ1v) is 9.64. The Morgan fingerprint density at radius 2 is 2.12 bits per heavy atom. The molecule has 7 heteroatoms. The molecule has 0 saturated heterocycles. The molecule has 0 aliphatic rings. The summed E-state index contributed by atoms with van der Waals surface area (Å²) in [5, 5.41) is 18.5. The summed E-state index contributed by atoms with van der Waals surface area (Å²) in [6.45, 7) is 3.61. The van der Waals surface area contributed by atoms with Crippen molar-refractivity contribution in [3.63, 3.8) is 0 Å². The van der Waals surface area contributed by atoms with Gasteiger partial charge in [0, 0.05) is 28.9 Å². The highest BCUT2D eigenvalue weighted by Gasteiger charge is 2.12. The average molecular weight is 389 g/mol. The summed E-state index contributed by atoms with van der Waals surface area (Å²) in [6.07, 6.45) is 1.12. The summed E-state index contributed by atoms with van der Waals surface area (Å²) in [4.78, 5) is 9.52. The molecule has 5 nitrogen and oxygen atoms in total. The minimum absolute atomic E-state index is 0.386. The third-order valence-electron chi connectivity index (χ3n) is 3.79. The van der Waals surface area contributed by atoms with E-state index in [1.54, 1.807) is 23.6 Å². The molecule has 1 unspecified atom stereocenters. The van der Waals surface area contributed by atoms with E-state index in [0.29, 0.717) is 24.2 Å². The van der Waals surface area contributed by atoms with Crippen LogP contribution in [0.3, 0.4) is 0 Å². The zero-order valence-electron chi connectivity index (χ0n) is 14.4. The summed E-state index contributed by atoms with van der Waals surface area (Å²) in [7, 11) is 0. The lowest BCUT2D eigenvalue weighted by molar-refractivity contribution is 0.184. The highest BCUT2D eigenvalue weighted by atomic mass is 35.5. The normalized spacial score (nSPS) is 13.0. The number of thiophene rings is 1. The Kier molecular flexibility index (Phi) is 6.44. The Morgan fingerprint density at radius 1 is 1.27 bits per heavy atom. The van der Waals surface area contributed by atoms with Crippen LogP contribution < -0.4 is 10.6 Å². The molecule has 0 amide bonds. The Morgan fingerprint density at radius 3 is 2.85 bits per heavy atom. The first-order chi connectivity index (χ1) is 12.7. The van der Waals surface area contributed by atoms with Gasteiger partial charge >= 0.3 is 0 Å². The van der Waals surface area contributed by atoms with Crippen molar-refractivity contribution in [3.8, 4) is 0 Å². The van der Waals surface area contributed by atoms with Crippen LogP contribution in [0.2, 0.25) is 5.15 Å². The first-order valence-electron chi connectivity index (χ1n) is 8.45. The van der Waals surface area contributed by atoms with Crippen molar-refractivity contribution in [1.82, 2.24) is 15.6 Å². The fourth-order valence-corrected chi connectivity index (χ4v) is 3.64. The van der Waals surface area contributed by atoms with Crippen LogP contribution in [0.4, 0.5) is 0 Å². The van der Waals surface area contributed by atoms with E-state index >= 15 is 0 Å². The molecule has 2 aromatic heterocycles. The lowest BCUT2D eigenvalue weighted by Gasteiger charge is -2.14. The van der Waals surface area contributed by atoms with Crippen molar-refractivity contribution in [3.05, 3.63) is 64.3 Å². The van der Waals surface area contributed by atoms with E-state index in [1.807, 2.05) is 31.2 Å². The van der Waals surface area contributed by atoms with Crippen LogP contribution in [0.25, 0.3) is 10.1 Å². The van der Waals surface area contributed by atoms with Crippen molar-refractivity contribution in [2.24, 2.45) is 4.99 Å². The Bertz CT molecular complexity index is 846. The average Bonchev–Trinajstić information content (AvgIpc) is 3.09. The van der Waals surface area contributed by atoms with Gasteiger partial charge < -0.3 is 15.7 Å². The molecule has 26 heavy (non-hydrogen) atoms. The minimum atomic E-state index is -0.589. The fourth-order valence-electron chi connectivity index (χ4n) is 2.47. The second-order valence-electron chi connectivity index (χ2n) is 5.77. The molecule has 0 spiro atoms. The van der Waals surface area contributed by atoms with E-state index in [4.69, 9.17) is 11.6 Å². The quantitative estimate of drug-likeness (QED) is 0.342.